The van der Waals surface area contributed by atoms with Crippen molar-refractivity contribution in [2.75, 3.05) is 13.1 Å². The number of hydrogen-bond donors (Lipinski definition) is 1. The Bertz CT molecular complexity index is 706. The first-order chi connectivity index (χ1) is 15.6. The van der Waals surface area contributed by atoms with Crippen LogP contribution in [0.1, 0.15) is 101 Å². The van der Waals surface area contributed by atoms with Gasteiger partial charge in [-0.2, -0.15) is 0 Å². The Morgan fingerprint density at radius 2 is 1.44 bits per heavy atom. The zero-order valence-corrected chi connectivity index (χ0v) is 19.7. The van der Waals surface area contributed by atoms with E-state index in [-0.39, 0.29) is 30.1 Å². The lowest BCUT2D eigenvalue weighted by atomic mass is 9.69. The lowest BCUT2D eigenvalue weighted by Gasteiger charge is -2.47. The predicted molar refractivity (Wildman–Crippen MR) is 127 cm³/mol. The summed E-state index contributed by atoms with van der Waals surface area (Å²) < 4.78 is 15.1. The van der Waals surface area contributed by atoms with Gasteiger partial charge < -0.3 is 5.11 Å². The van der Waals surface area contributed by atoms with Crippen molar-refractivity contribution in [1.29, 1.82) is 0 Å². The monoisotopic (exact) mass is 443 g/mol. The molecule has 4 heteroatoms. The minimum atomic E-state index is -0.747. The van der Waals surface area contributed by atoms with E-state index in [0.29, 0.717) is 0 Å². The summed E-state index contributed by atoms with van der Waals surface area (Å²) in [6.45, 7) is 2.23. The van der Waals surface area contributed by atoms with Crippen LogP contribution in [0.25, 0.3) is 0 Å². The van der Waals surface area contributed by atoms with Crippen molar-refractivity contribution in [2.24, 2.45) is 17.8 Å². The molecule has 0 bridgehead atoms. The second kappa shape index (κ2) is 11.6. The van der Waals surface area contributed by atoms with Gasteiger partial charge in [-0.1, -0.05) is 63.1 Å². The predicted octanol–water partition coefficient (Wildman–Crippen LogP) is 7.02. The summed E-state index contributed by atoms with van der Waals surface area (Å²) in [7, 11) is 0. The largest absolute Gasteiger partial charge is 0.481 e. The average molecular weight is 444 g/mol. The van der Waals surface area contributed by atoms with E-state index in [1.807, 2.05) is 12.1 Å². The van der Waals surface area contributed by atoms with Crippen molar-refractivity contribution in [3.8, 4) is 0 Å². The number of carbonyl (C=O) groups is 1. The highest BCUT2D eigenvalue weighted by Crippen LogP contribution is 2.44. The number of halogens is 1. The topological polar surface area (TPSA) is 40.5 Å². The highest BCUT2D eigenvalue weighted by molar-refractivity contribution is 5.67. The van der Waals surface area contributed by atoms with Gasteiger partial charge in [-0.05, 0) is 67.9 Å². The first-order valence-electron chi connectivity index (χ1n) is 13.3. The van der Waals surface area contributed by atoms with Gasteiger partial charge in [-0.3, -0.25) is 9.69 Å². The summed E-state index contributed by atoms with van der Waals surface area (Å²) in [5.74, 6) is 0.580. The molecule has 3 aliphatic carbocycles. The van der Waals surface area contributed by atoms with Crippen molar-refractivity contribution in [3.05, 3.63) is 35.6 Å². The van der Waals surface area contributed by atoms with Crippen LogP contribution in [-0.4, -0.2) is 35.1 Å². The standard InChI is InChI=1S/C28H42FNO2/c29-25-16-8-7-15-24(25)28-23(18-27(31)32)14-9-17-26(28)30(19-21-10-3-1-4-11-21)20-22-12-5-2-6-13-22/h7-8,15-16,21-23,26,28H,1-6,9-14,17-20H2,(H,31,32). The van der Waals surface area contributed by atoms with Gasteiger partial charge in [-0.15, -0.1) is 0 Å². The van der Waals surface area contributed by atoms with Crippen LogP contribution in [0, 0.1) is 23.6 Å². The second-order valence-corrected chi connectivity index (χ2v) is 10.9. The van der Waals surface area contributed by atoms with E-state index in [2.05, 4.69) is 4.90 Å². The molecule has 4 rings (SSSR count). The third-order valence-electron chi connectivity index (χ3n) is 8.60. The van der Waals surface area contributed by atoms with Crippen molar-refractivity contribution < 1.29 is 14.3 Å². The molecule has 3 unspecified atom stereocenters. The Labute approximate surface area is 193 Å². The lowest BCUT2D eigenvalue weighted by Crippen LogP contribution is -2.49. The van der Waals surface area contributed by atoms with E-state index in [0.717, 1.165) is 49.8 Å². The maximum atomic E-state index is 15.1. The average Bonchev–Trinajstić information content (AvgIpc) is 2.80. The number of benzene rings is 1. The fraction of sp³-hybridized carbons (Fsp3) is 0.750. The summed E-state index contributed by atoms with van der Waals surface area (Å²) in [5.41, 5.74) is 0.751. The van der Waals surface area contributed by atoms with Crippen LogP contribution in [0.4, 0.5) is 4.39 Å². The molecule has 3 nitrogen and oxygen atoms in total. The van der Waals surface area contributed by atoms with Crippen LogP contribution in [-0.2, 0) is 4.79 Å². The van der Waals surface area contributed by atoms with Crippen molar-refractivity contribution in [2.45, 2.75) is 102 Å². The third kappa shape index (κ3) is 6.12. The molecule has 3 saturated carbocycles. The van der Waals surface area contributed by atoms with E-state index < -0.39 is 5.97 Å². The molecular formula is C28H42FNO2. The molecule has 1 N–H and O–H groups in total. The molecule has 3 fully saturated rings. The Kier molecular flexibility index (Phi) is 8.62. The van der Waals surface area contributed by atoms with Crippen molar-refractivity contribution in [1.82, 2.24) is 4.90 Å². The number of carboxylic acid groups (broad SMARTS) is 1. The maximum absolute atomic E-state index is 15.1. The Morgan fingerprint density at radius 1 is 0.844 bits per heavy atom. The minimum Gasteiger partial charge on any atom is -0.481 e. The molecule has 1 aromatic rings. The van der Waals surface area contributed by atoms with E-state index in [9.17, 15) is 9.90 Å². The summed E-state index contributed by atoms with van der Waals surface area (Å²) in [4.78, 5) is 14.5. The van der Waals surface area contributed by atoms with Gasteiger partial charge in [0.25, 0.3) is 0 Å². The Hall–Kier alpha value is -1.42. The van der Waals surface area contributed by atoms with Crippen LogP contribution in [0.2, 0.25) is 0 Å². The molecule has 0 spiro atoms. The fourth-order valence-electron chi connectivity index (χ4n) is 7.08. The zero-order valence-electron chi connectivity index (χ0n) is 19.7. The Morgan fingerprint density at radius 3 is 2.00 bits per heavy atom. The second-order valence-electron chi connectivity index (χ2n) is 10.9. The summed E-state index contributed by atoms with van der Waals surface area (Å²) >= 11 is 0. The quantitative estimate of drug-likeness (QED) is 0.469. The molecule has 3 atom stereocenters. The van der Waals surface area contributed by atoms with Gasteiger partial charge in [0, 0.05) is 31.5 Å². The number of carboxylic acids is 1. The molecule has 3 aliphatic rings. The highest BCUT2D eigenvalue weighted by atomic mass is 19.1. The number of hydrogen-bond acceptors (Lipinski definition) is 2. The third-order valence-corrected chi connectivity index (χ3v) is 8.60. The van der Waals surface area contributed by atoms with Crippen LogP contribution >= 0.6 is 0 Å². The number of nitrogens with zero attached hydrogens (tertiary/aromatic N) is 1. The summed E-state index contributed by atoms with van der Waals surface area (Å²) in [5, 5.41) is 9.64. The first-order valence-corrected chi connectivity index (χ1v) is 13.3. The van der Waals surface area contributed by atoms with Crippen LogP contribution < -0.4 is 0 Å². The normalized spacial score (nSPS) is 28.1. The van der Waals surface area contributed by atoms with Gasteiger partial charge in [-0.25, -0.2) is 4.39 Å². The molecule has 32 heavy (non-hydrogen) atoms. The van der Waals surface area contributed by atoms with Gasteiger partial charge in [0.05, 0.1) is 0 Å². The SMILES string of the molecule is O=C(O)CC1CCCC(N(CC2CCCCC2)CC2CCCCC2)C1c1ccccc1F. The van der Waals surface area contributed by atoms with Gasteiger partial charge >= 0.3 is 5.97 Å². The van der Waals surface area contributed by atoms with Crippen LogP contribution in [0.5, 0.6) is 0 Å². The van der Waals surface area contributed by atoms with Crippen molar-refractivity contribution in [3.63, 3.8) is 0 Å². The molecule has 0 aliphatic heterocycles. The lowest BCUT2D eigenvalue weighted by molar-refractivity contribution is -0.138. The van der Waals surface area contributed by atoms with Crippen molar-refractivity contribution >= 4 is 5.97 Å². The number of rotatable bonds is 8. The molecule has 0 heterocycles. The molecule has 0 amide bonds. The van der Waals surface area contributed by atoms with Gasteiger partial charge in [0.2, 0.25) is 0 Å². The van der Waals surface area contributed by atoms with Gasteiger partial charge in [0.15, 0.2) is 0 Å². The maximum Gasteiger partial charge on any atom is 0.303 e. The molecule has 0 saturated heterocycles. The highest BCUT2D eigenvalue weighted by Gasteiger charge is 2.40. The van der Waals surface area contributed by atoms with E-state index in [1.54, 1.807) is 12.1 Å². The van der Waals surface area contributed by atoms with E-state index in [1.165, 1.54) is 64.2 Å². The molecule has 1 aromatic carbocycles. The fourth-order valence-corrected chi connectivity index (χ4v) is 7.08. The van der Waals surface area contributed by atoms with Crippen LogP contribution in [0.3, 0.4) is 0 Å². The van der Waals surface area contributed by atoms with Crippen LogP contribution in [0.15, 0.2) is 24.3 Å². The Balaban J connectivity index is 1.62. The first kappa shape index (κ1) is 23.7. The molecule has 0 aromatic heterocycles. The molecule has 178 valence electrons. The number of aliphatic carboxylic acids is 1. The minimum absolute atomic E-state index is 0.0170. The molecule has 0 radical (unpaired) electrons. The summed E-state index contributed by atoms with van der Waals surface area (Å²) in [6, 6.07) is 7.42. The summed E-state index contributed by atoms with van der Waals surface area (Å²) in [6.07, 6.45) is 16.5. The van der Waals surface area contributed by atoms with E-state index >= 15 is 4.39 Å². The van der Waals surface area contributed by atoms with E-state index in [4.69, 9.17) is 0 Å². The zero-order chi connectivity index (χ0) is 22.3. The van der Waals surface area contributed by atoms with Gasteiger partial charge in [0.1, 0.15) is 5.82 Å². The molecular weight excluding hydrogens is 401 g/mol. The smallest absolute Gasteiger partial charge is 0.303 e.